The third-order valence-electron chi connectivity index (χ3n) is 3.57. The van der Waals surface area contributed by atoms with Crippen LogP contribution in [0, 0.1) is 5.92 Å². The average Bonchev–Trinajstić information content (AvgIpc) is 3.07. The Morgan fingerprint density at radius 2 is 2.05 bits per heavy atom. The van der Waals surface area contributed by atoms with E-state index in [2.05, 4.69) is 0 Å². The Bertz CT molecular complexity index is 561. The van der Waals surface area contributed by atoms with Crippen LogP contribution in [-0.2, 0) is 11.2 Å². The Morgan fingerprint density at radius 3 is 2.79 bits per heavy atom. The highest BCUT2D eigenvalue weighted by molar-refractivity contribution is 6.01. The fourth-order valence-electron chi connectivity index (χ4n) is 2.61. The Morgan fingerprint density at radius 1 is 1.21 bits per heavy atom. The summed E-state index contributed by atoms with van der Waals surface area (Å²) in [5.74, 6) is 1.92. The smallest absolute Gasteiger partial charge is 0.162 e. The fraction of sp³-hybridized carbons (Fsp3) is 0.312. The lowest BCUT2D eigenvalue weighted by Gasteiger charge is -2.21. The molecule has 3 rings (SSSR count). The van der Waals surface area contributed by atoms with Crippen molar-refractivity contribution in [2.45, 2.75) is 25.7 Å². The number of carbonyl (C=O) groups is 1. The third kappa shape index (κ3) is 2.70. The monoisotopic (exact) mass is 256 g/mol. The number of allylic oxidation sites excluding steroid dienone is 1. The van der Waals surface area contributed by atoms with Gasteiger partial charge in [0, 0.05) is 12.3 Å². The molecule has 0 radical (unpaired) electrons. The normalized spacial score (nSPS) is 22.0. The van der Waals surface area contributed by atoms with E-state index in [0.717, 1.165) is 36.4 Å². The minimum atomic E-state index is 0.0427. The maximum absolute atomic E-state index is 12.4. The predicted octanol–water partition coefficient (Wildman–Crippen LogP) is 3.87. The SMILES string of the molecule is O=C1/C(=C/c2ccco2)CCCC1Cc1ccco1. The highest BCUT2D eigenvalue weighted by Crippen LogP contribution is 2.29. The summed E-state index contributed by atoms with van der Waals surface area (Å²) in [7, 11) is 0. The second-order valence-electron chi connectivity index (χ2n) is 4.92. The minimum absolute atomic E-state index is 0.0427. The summed E-state index contributed by atoms with van der Waals surface area (Å²) in [5, 5.41) is 0. The van der Waals surface area contributed by atoms with Crippen molar-refractivity contribution in [2.24, 2.45) is 5.92 Å². The summed E-state index contributed by atoms with van der Waals surface area (Å²) in [6.07, 6.45) is 8.67. The maximum atomic E-state index is 12.4. The van der Waals surface area contributed by atoms with E-state index in [-0.39, 0.29) is 11.7 Å². The van der Waals surface area contributed by atoms with Crippen molar-refractivity contribution in [3.63, 3.8) is 0 Å². The molecule has 98 valence electrons. The zero-order chi connectivity index (χ0) is 13.1. The van der Waals surface area contributed by atoms with Crippen LogP contribution in [-0.4, -0.2) is 5.78 Å². The number of Topliss-reactive ketones (excluding diaryl/α,β-unsaturated/α-hetero) is 1. The summed E-state index contributed by atoms with van der Waals surface area (Å²) in [5.41, 5.74) is 0.873. The standard InChI is InChI=1S/C16H16O3/c17-16-12(10-14-6-2-8-18-14)4-1-5-13(16)11-15-7-3-9-19-15/h2-3,6-10,13H,1,4-5,11H2/b12-10+. The van der Waals surface area contributed by atoms with Gasteiger partial charge in [0.15, 0.2) is 5.78 Å². The number of hydrogen-bond acceptors (Lipinski definition) is 3. The minimum Gasteiger partial charge on any atom is -0.469 e. The molecule has 0 aliphatic heterocycles. The van der Waals surface area contributed by atoms with E-state index in [1.54, 1.807) is 12.5 Å². The lowest BCUT2D eigenvalue weighted by atomic mass is 9.81. The van der Waals surface area contributed by atoms with Gasteiger partial charge in [0.1, 0.15) is 11.5 Å². The number of rotatable bonds is 3. The fourth-order valence-corrected chi connectivity index (χ4v) is 2.61. The molecule has 0 amide bonds. The van der Waals surface area contributed by atoms with E-state index in [4.69, 9.17) is 8.83 Å². The van der Waals surface area contributed by atoms with Gasteiger partial charge < -0.3 is 8.83 Å². The van der Waals surface area contributed by atoms with E-state index in [9.17, 15) is 4.79 Å². The Labute approximate surface area is 111 Å². The second-order valence-corrected chi connectivity index (χ2v) is 4.92. The molecule has 0 bridgehead atoms. The van der Waals surface area contributed by atoms with Gasteiger partial charge in [0.25, 0.3) is 0 Å². The highest BCUT2D eigenvalue weighted by Gasteiger charge is 2.27. The van der Waals surface area contributed by atoms with Gasteiger partial charge in [0.2, 0.25) is 0 Å². The quantitative estimate of drug-likeness (QED) is 0.783. The van der Waals surface area contributed by atoms with Crippen molar-refractivity contribution in [1.29, 1.82) is 0 Å². The van der Waals surface area contributed by atoms with Gasteiger partial charge in [-0.1, -0.05) is 0 Å². The molecule has 0 spiro atoms. The summed E-state index contributed by atoms with van der Waals surface area (Å²) in [6.45, 7) is 0. The Balaban J connectivity index is 1.76. The molecule has 0 aromatic carbocycles. The van der Waals surface area contributed by atoms with E-state index in [1.807, 2.05) is 30.3 Å². The number of furan rings is 2. The Kier molecular flexibility index (Phi) is 3.36. The topological polar surface area (TPSA) is 43.4 Å². The molecule has 1 atom stereocenters. The number of carbonyl (C=O) groups excluding carboxylic acids is 1. The molecule has 19 heavy (non-hydrogen) atoms. The summed E-state index contributed by atoms with van der Waals surface area (Å²) >= 11 is 0. The number of hydrogen-bond donors (Lipinski definition) is 0. The van der Waals surface area contributed by atoms with Gasteiger partial charge in [0.05, 0.1) is 12.5 Å². The molecule has 3 heteroatoms. The summed E-state index contributed by atoms with van der Waals surface area (Å²) in [6, 6.07) is 7.50. The van der Waals surface area contributed by atoms with Crippen LogP contribution in [0.4, 0.5) is 0 Å². The molecule has 1 aliphatic rings. The zero-order valence-corrected chi connectivity index (χ0v) is 10.7. The first-order valence-corrected chi connectivity index (χ1v) is 6.63. The lowest BCUT2D eigenvalue weighted by molar-refractivity contribution is -0.120. The Hall–Kier alpha value is -2.03. The predicted molar refractivity (Wildman–Crippen MR) is 71.4 cm³/mol. The number of ketones is 1. The van der Waals surface area contributed by atoms with Gasteiger partial charge in [-0.05, 0) is 55.2 Å². The highest BCUT2D eigenvalue weighted by atomic mass is 16.3. The van der Waals surface area contributed by atoms with Gasteiger partial charge in [-0.2, -0.15) is 0 Å². The van der Waals surface area contributed by atoms with Gasteiger partial charge in [-0.25, -0.2) is 0 Å². The molecule has 0 N–H and O–H groups in total. The van der Waals surface area contributed by atoms with E-state index >= 15 is 0 Å². The van der Waals surface area contributed by atoms with E-state index in [0.29, 0.717) is 6.42 Å². The molecule has 2 aromatic heterocycles. The van der Waals surface area contributed by atoms with Crippen molar-refractivity contribution in [2.75, 3.05) is 0 Å². The van der Waals surface area contributed by atoms with Crippen molar-refractivity contribution in [3.8, 4) is 0 Å². The first kappa shape index (κ1) is 12.0. The van der Waals surface area contributed by atoms with Crippen LogP contribution < -0.4 is 0 Å². The summed E-state index contributed by atoms with van der Waals surface area (Å²) in [4.78, 5) is 12.4. The van der Waals surface area contributed by atoms with Crippen LogP contribution in [0.5, 0.6) is 0 Å². The summed E-state index contributed by atoms with van der Waals surface area (Å²) < 4.78 is 10.6. The lowest BCUT2D eigenvalue weighted by Crippen LogP contribution is -2.23. The van der Waals surface area contributed by atoms with Crippen LogP contribution in [0.3, 0.4) is 0 Å². The van der Waals surface area contributed by atoms with E-state index < -0.39 is 0 Å². The molecule has 1 aliphatic carbocycles. The van der Waals surface area contributed by atoms with Crippen LogP contribution in [0.2, 0.25) is 0 Å². The molecule has 1 saturated carbocycles. The van der Waals surface area contributed by atoms with E-state index in [1.165, 1.54) is 0 Å². The molecular formula is C16H16O3. The van der Waals surface area contributed by atoms with Gasteiger partial charge in [-0.3, -0.25) is 4.79 Å². The molecule has 1 fully saturated rings. The van der Waals surface area contributed by atoms with Gasteiger partial charge >= 0.3 is 0 Å². The largest absolute Gasteiger partial charge is 0.469 e. The first-order valence-electron chi connectivity index (χ1n) is 6.63. The molecular weight excluding hydrogens is 240 g/mol. The second kappa shape index (κ2) is 5.31. The van der Waals surface area contributed by atoms with Crippen molar-refractivity contribution >= 4 is 11.9 Å². The molecule has 2 aromatic rings. The van der Waals surface area contributed by atoms with Crippen LogP contribution in [0.1, 0.15) is 30.8 Å². The van der Waals surface area contributed by atoms with Crippen molar-refractivity contribution < 1.29 is 13.6 Å². The molecule has 1 unspecified atom stereocenters. The first-order chi connectivity index (χ1) is 9.33. The van der Waals surface area contributed by atoms with Crippen LogP contribution in [0.25, 0.3) is 6.08 Å². The average molecular weight is 256 g/mol. The molecule has 3 nitrogen and oxygen atoms in total. The molecule has 2 heterocycles. The zero-order valence-electron chi connectivity index (χ0n) is 10.7. The van der Waals surface area contributed by atoms with Crippen LogP contribution in [0.15, 0.2) is 51.2 Å². The maximum Gasteiger partial charge on any atom is 0.162 e. The van der Waals surface area contributed by atoms with Crippen molar-refractivity contribution in [1.82, 2.24) is 0 Å². The third-order valence-corrected chi connectivity index (χ3v) is 3.57. The van der Waals surface area contributed by atoms with Gasteiger partial charge in [-0.15, -0.1) is 0 Å². The molecule has 0 saturated heterocycles. The van der Waals surface area contributed by atoms with Crippen LogP contribution >= 0.6 is 0 Å². The van der Waals surface area contributed by atoms with Crippen molar-refractivity contribution in [3.05, 3.63) is 53.9 Å².